The average Bonchev–Trinajstić information content (AvgIpc) is 2.34. The zero-order chi connectivity index (χ0) is 13.7. The van der Waals surface area contributed by atoms with Crippen molar-refractivity contribution in [3.05, 3.63) is 34.3 Å². The van der Waals surface area contributed by atoms with Crippen molar-refractivity contribution in [1.82, 2.24) is 0 Å². The first kappa shape index (κ1) is 14.2. The summed E-state index contributed by atoms with van der Waals surface area (Å²) in [5.41, 5.74) is 0.148. The number of ether oxygens (including phenoxy) is 2. The molecule has 1 aromatic carbocycles. The lowest BCUT2D eigenvalue weighted by molar-refractivity contribution is -0.139. The largest absolute Gasteiger partial charge is 0.465 e. The maximum atomic E-state index is 11.8. The number of Topliss-reactive ketones (excluding diaryl/α,β-unsaturated/α-hetero) is 1. The van der Waals surface area contributed by atoms with Gasteiger partial charge >= 0.3 is 11.9 Å². The Bertz CT molecular complexity index is 495. The number of hydrogen-bond acceptors (Lipinski definition) is 5. The van der Waals surface area contributed by atoms with Gasteiger partial charge in [-0.25, -0.2) is 4.79 Å². The fourth-order valence-electron chi connectivity index (χ4n) is 1.28. The van der Waals surface area contributed by atoms with Crippen LogP contribution in [0.1, 0.15) is 27.6 Å². The third-order valence-corrected chi connectivity index (χ3v) is 2.33. The Morgan fingerprint density at radius 3 is 2.44 bits per heavy atom. The van der Waals surface area contributed by atoms with Gasteiger partial charge in [0.25, 0.3) is 0 Å². The van der Waals surface area contributed by atoms with Gasteiger partial charge in [0.2, 0.25) is 5.78 Å². The SMILES string of the molecule is COC(=O)c1cc(Cl)ccc1C(=O)COC(C)=O. The summed E-state index contributed by atoms with van der Waals surface area (Å²) in [6, 6.07) is 4.18. The molecular weight excluding hydrogens is 260 g/mol. The first-order valence-electron chi connectivity index (χ1n) is 5.00. The van der Waals surface area contributed by atoms with Crippen molar-refractivity contribution in [2.24, 2.45) is 0 Å². The molecule has 0 aromatic heterocycles. The van der Waals surface area contributed by atoms with Gasteiger partial charge in [0.05, 0.1) is 12.7 Å². The zero-order valence-electron chi connectivity index (χ0n) is 9.86. The van der Waals surface area contributed by atoms with Gasteiger partial charge in [-0.1, -0.05) is 11.6 Å². The number of rotatable bonds is 4. The Balaban J connectivity index is 3.03. The van der Waals surface area contributed by atoms with Crippen LogP contribution in [0, 0.1) is 0 Å². The highest BCUT2D eigenvalue weighted by atomic mass is 35.5. The van der Waals surface area contributed by atoms with Gasteiger partial charge in [0, 0.05) is 17.5 Å². The maximum absolute atomic E-state index is 11.8. The van der Waals surface area contributed by atoms with Crippen LogP contribution in [-0.4, -0.2) is 31.4 Å². The molecule has 0 spiro atoms. The third-order valence-electron chi connectivity index (χ3n) is 2.09. The number of ketones is 1. The molecule has 1 aromatic rings. The molecule has 18 heavy (non-hydrogen) atoms. The van der Waals surface area contributed by atoms with Crippen LogP contribution in [0.25, 0.3) is 0 Å². The lowest BCUT2D eigenvalue weighted by atomic mass is 10.0. The Morgan fingerprint density at radius 2 is 1.89 bits per heavy atom. The van der Waals surface area contributed by atoms with E-state index in [1.54, 1.807) is 0 Å². The second-order valence-corrected chi connectivity index (χ2v) is 3.82. The molecule has 0 bridgehead atoms. The molecule has 0 unspecified atom stereocenters. The van der Waals surface area contributed by atoms with Crippen molar-refractivity contribution in [3.63, 3.8) is 0 Å². The van der Waals surface area contributed by atoms with Gasteiger partial charge in [0.15, 0.2) is 6.61 Å². The summed E-state index contributed by atoms with van der Waals surface area (Å²) < 4.78 is 9.13. The second kappa shape index (κ2) is 6.16. The Labute approximate surface area is 109 Å². The lowest BCUT2D eigenvalue weighted by Gasteiger charge is -2.07. The van der Waals surface area contributed by atoms with Gasteiger partial charge in [-0.2, -0.15) is 0 Å². The van der Waals surface area contributed by atoms with Gasteiger partial charge in [-0.15, -0.1) is 0 Å². The fraction of sp³-hybridized carbons (Fsp3) is 0.250. The Kier molecular flexibility index (Phi) is 4.85. The topological polar surface area (TPSA) is 69.7 Å². The van der Waals surface area contributed by atoms with E-state index < -0.39 is 24.3 Å². The van der Waals surface area contributed by atoms with Crippen molar-refractivity contribution in [2.75, 3.05) is 13.7 Å². The summed E-state index contributed by atoms with van der Waals surface area (Å²) in [6.45, 7) is 0.761. The molecule has 0 saturated carbocycles. The van der Waals surface area contributed by atoms with Crippen molar-refractivity contribution in [2.45, 2.75) is 6.92 Å². The fourth-order valence-corrected chi connectivity index (χ4v) is 1.46. The summed E-state index contributed by atoms with van der Waals surface area (Å²) in [5, 5.41) is 0.305. The van der Waals surface area contributed by atoms with E-state index in [4.69, 9.17) is 11.6 Å². The average molecular weight is 271 g/mol. The zero-order valence-corrected chi connectivity index (χ0v) is 10.6. The highest BCUT2D eigenvalue weighted by Gasteiger charge is 2.18. The van der Waals surface area contributed by atoms with Gasteiger partial charge in [-0.05, 0) is 18.2 Å². The highest BCUT2D eigenvalue weighted by Crippen LogP contribution is 2.17. The smallest absolute Gasteiger partial charge is 0.338 e. The van der Waals surface area contributed by atoms with Crippen molar-refractivity contribution in [3.8, 4) is 0 Å². The van der Waals surface area contributed by atoms with E-state index in [0.717, 1.165) is 0 Å². The number of benzene rings is 1. The van der Waals surface area contributed by atoms with Crippen molar-refractivity contribution in [1.29, 1.82) is 0 Å². The molecule has 0 saturated heterocycles. The summed E-state index contributed by atoms with van der Waals surface area (Å²) in [5.74, 6) is -1.75. The standard InChI is InChI=1S/C12H11ClO5/c1-7(14)18-6-11(15)9-4-3-8(13)5-10(9)12(16)17-2/h3-5H,6H2,1-2H3. The molecule has 0 radical (unpaired) electrons. The molecule has 0 heterocycles. The third kappa shape index (κ3) is 3.56. The molecule has 96 valence electrons. The van der Waals surface area contributed by atoms with Crippen LogP contribution in [0.2, 0.25) is 5.02 Å². The highest BCUT2D eigenvalue weighted by molar-refractivity contribution is 6.31. The van der Waals surface area contributed by atoms with Gasteiger partial charge in [-0.3, -0.25) is 9.59 Å². The monoisotopic (exact) mass is 270 g/mol. The molecule has 0 aliphatic carbocycles. The molecule has 6 heteroatoms. The van der Waals surface area contributed by atoms with Crippen LogP contribution in [0.5, 0.6) is 0 Å². The van der Waals surface area contributed by atoms with Crippen LogP contribution in [-0.2, 0) is 14.3 Å². The summed E-state index contributed by atoms with van der Waals surface area (Å²) in [7, 11) is 1.20. The van der Waals surface area contributed by atoms with Gasteiger partial charge < -0.3 is 9.47 Å². The van der Waals surface area contributed by atoms with Crippen molar-refractivity contribution >= 4 is 29.3 Å². The van der Waals surface area contributed by atoms with E-state index in [9.17, 15) is 14.4 Å². The molecule has 0 N–H and O–H groups in total. The molecule has 0 fully saturated rings. The second-order valence-electron chi connectivity index (χ2n) is 3.38. The number of carbonyl (C=O) groups is 3. The van der Waals surface area contributed by atoms with Gasteiger partial charge in [0.1, 0.15) is 0 Å². The van der Waals surface area contributed by atoms with Crippen LogP contribution in [0.4, 0.5) is 0 Å². The minimum Gasteiger partial charge on any atom is -0.465 e. The molecule has 0 aliphatic heterocycles. The molecule has 5 nitrogen and oxygen atoms in total. The summed E-state index contributed by atoms with van der Waals surface area (Å²) in [6.07, 6.45) is 0. The molecular formula is C12H11ClO5. The Hall–Kier alpha value is -1.88. The van der Waals surface area contributed by atoms with Crippen LogP contribution < -0.4 is 0 Å². The maximum Gasteiger partial charge on any atom is 0.338 e. The van der Waals surface area contributed by atoms with E-state index in [-0.39, 0.29) is 11.1 Å². The summed E-state index contributed by atoms with van der Waals surface area (Å²) >= 11 is 5.75. The van der Waals surface area contributed by atoms with Crippen LogP contribution in [0.15, 0.2) is 18.2 Å². The van der Waals surface area contributed by atoms with Crippen LogP contribution >= 0.6 is 11.6 Å². The predicted molar refractivity (Wildman–Crippen MR) is 63.8 cm³/mol. The molecule has 0 amide bonds. The van der Waals surface area contributed by atoms with E-state index in [1.807, 2.05) is 0 Å². The molecule has 0 aliphatic rings. The molecule has 1 rings (SSSR count). The minimum absolute atomic E-state index is 0.0437. The number of carbonyl (C=O) groups excluding carboxylic acids is 3. The number of hydrogen-bond donors (Lipinski definition) is 0. The first-order valence-corrected chi connectivity index (χ1v) is 5.38. The van der Waals surface area contributed by atoms with E-state index >= 15 is 0 Å². The summed E-state index contributed by atoms with van der Waals surface area (Å²) in [4.78, 5) is 33.9. The molecule has 0 atom stereocenters. The van der Waals surface area contributed by atoms with E-state index in [1.165, 1.54) is 32.2 Å². The Morgan fingerprint density at radius 1 is 1.22 bits per heavy atom. The predicted octanol–water partition coefficient (Wildman–Crippen LogP) is 1.87. The quantitative estimate of drug-likeness (QED) is 0.617. The lowest BCUT2D eigenvalue weighted by Crippen LogP contribution is -2.16. The van der Waals surface area contributed by atoms with Crippen LogP contribution in [0.3, 0.4) is 0 Å². The number of halogens is 1. The van der Waals surface area contributed by atoms with Crippen molar-refractivity contribution < 1.29 is 23.9 Å². The van der Waals surface area contributed by atoms with E-state index in [0.29, 0.717) is 5.02 Å². The number of esters is 2. The van der Waals surface area contributed by atoms with E-state index in [2.05, 4.69) is 9.47 Å². The number of methoxy groups -OCH3 is 1. The normalized spacial score (nSPS) is 9.72. The minimum atomic E-state index is -0.677. The first-order chi connectivity index (χ1) is 8.45.